The van der Waals surface area contributed by atoms with Crippen molar-refractivity contribution in [1.29, 1.82) is 0 Å². The lowest BCUT2D eigenvalue weighted by atomic mass is 10.1. The molecule has 0 unspecified atom stereocenters. The van der Waals surface area contributed by atoms with Gasteiger partial charge < -0.3 is 4.74 Å². The number of hydrogen-bond donors (Lipinski definition) is 0. The van der Waals surface area contributed by atoms with Gasteiger partial charge in [-0.1, -0.05) is 35.1 Å². The molecule has 0 radical (unpaired) electrons. The van der Waals surface area contributed by atoms with E-state index in [1.165, 1.54) is 21.7 Å². The first-order valence-corrected chi connectivity index (χ1v) is 11.0. The average Bonchev–Trinajstić information content (AvgIpc) is 3.06. The third-order valence-corrected chi connectivity index (χ3v) is 7.58. The van der Waals surface area contributed by atoms with Gasteiger partial charge in [0.15, 0.2) is 0 Å². The van der Waals surface area contributed by atoms with E-state index in [9.17, 15) is 12.8 Å². The van der Waals surface area contributed by atoms with Crippen molar-refractivity contribution in [1.82, 2.24) is 9.29 Å². The molecule has 2 aromatic carbocycles. The molecular weight excluding hydrogens is 411 g/mol. The summed E-state index contributed by atoms with van der Waals surface area (Å²) in [6, 6.07) is 11.3. The predicted octanol–water partition coefficient (Wildman–Crippen LogP) is 4.32. The standard InChI is InChI=1S/C18H16ClFN2O3S2/c19-14-11-13(5-6-15(14)20)27(23,24)22-9-7-12(8-10-22)25-18-21-16-3-1-2-4-17(16)26-18/h1-6,11-12H,7-10H2. The van der Waals surface area contributed by atoms with Crippen LogP contribution in [0.1, 0.15) is 12.8 Å². The van der Waals surface area contributed by atoms with Crippen molar-refractivity contribution in [2.24, 2.45) is 0 Å². The minimum absolute atomic E-state index is 0.000517. The highest BCUT2D eigenvalue weighted by Crippen LogP contribution is 2.30. The second-order valence-corrected chi connectivity index (χ2v) is 9.58. The van der Waals surface area contributed by atoms with Crippen molar-refractivity contribution >= 4 is 43.2 Å². The number of rotatable bonds is 4. The Kier molecular flexibility index (Phi) is 5.07. The molecule has 4 rings (SSSR count). The summed E-state index contributed by atoms with van der Waals surface area (Å²) in [4.78, 5) is 4.45. The predicted molar refractivity (Wildman–Crippen MR) is 103 cm³/mol. The summed E-state index contributed by atoms with van der Waals surface area (Å²) < 4.78 is 47.2. The molecule has 0 spiro atoms. The van der Waals surface area contributed by atoms with Crippen LogP contribution in [-0.4, -0.2) is 36.9 Å². The van der Waals surface area contributed by atoms with E-state index in [0.29, 0.717) is 31.1 Å². The van der Waals surface area contributed by atoms with Crippen molar-refractivity contribution in [3.05, 3.63) is 53.3 Å². The second-order valence-electron chi connectivity index (χ2n) is 6.24. The van der Waals surface area contributed by atoms with Crippen molar-refractivity contribution in [3.8, 4) is 5.19 Å². The Bertz CT molecular complexity index is 1050. The Balaban J connectivity index is 1.42. The average molecular weight is 427 g/mol. The molecule has 0 amide bonds. The number of thiazole rings is 1. The molecule has 1 aromatic heterocycles. The highest BCUT2D eigenvalue weighted by molar-refractivity contribution is 7.89. The smallest absolute Gasteiger partial charge is 0.274 e. The Labute approximate surface area is 165 Å². The molecule has 1 aliphatic heterocycles. The van der Waals surface area contributed by atoms with Crippen LogP contribution >= 0.6 is 22.9 Å². The maximum atomic E-state index is 13.3. The SMILES string of the molecule is O=S(=O)(c1ccc(F)c(Cl)c1)N1CCC(Oc2nc3ccccc3s2)CC1. The molecule has 1 aliphatic rings. The van der Waals surface area contributed by atoms with Gasteiger partial charge in [0.1, 0.15) is 11.9 Å². The summed E-state index contributed by atoms with van der Waals surface area (Å²) in [7, 11) is -3.70. The lowest BCUT2D eigenvalue weighted by Crippen LogP contribution is -2.41. The molecule has 9 heteroatoms. The van der Waals surface area contributed by atoms with E-state index >= 15 is 0 Å². The van der Waals surface area contributed by atoms with Gasteiger partial charge in [0.05, 0.1) is 20.1 Å². The van der Waals surface area contributed by atoms with Gasteiger partial charge in [0.25, 0.3) is 5.19 Å². The molecular formula is C18H16ClFN2O3S2. The van der Waals surface area contributed by atoms with Crippen LogP contribution in [0, 0.1) is 5.82 Å². The molecule has 5 nitrogen and oxygen atoms in total. The molecule has 27 heavy (non-hydrogen) atoms. The minimum Gasteiger partial charge on any atom is -0.467 e. The van der Waals surface area contributed by atoms with Gasteiger partial charge in [-0.2, -0.15) is 4.31 Å². The topological polar surface area (TPSA) is 59.5 Å². The number of aromatic nitrogens is 1. The van der Waals surface area contributed by atoms with Crippen molar-refractivity contribution in [3.63, 3.8) is 0 Å². The molecule has 1 saturated heterocycles. The normalized spacial score (nSPS) is 16.7. The molecule has 0 bridgehead atoms. The van der Waals surface area contributed by atoms with Crippen LogP contribution in [-0.2, 0) is 10.0 Å². The minimum atomic E-state index is -3.70. The zero-order valence-corrected chi connectivity index (χ0v) is 16.5. The van der Waals surface area contributed by atoms with Crippen LogP contribution in [0.2, 0.25) is 5.02 Å². The number of para-hydroxylation sites is 1. The maximum Gasteiger partial charge on any atom is 0.274 e. The first-order valence-electron chi connectivity index (χ1n) is 8.41. The zero-order chi connectivity index (χ0) is 19.0. The summed E-state index contributed by atoms with van der Waals surface area (Å²) >= 11 is 7.20. The fraction of sp³-hybridized carbons (Fsp3) is 0.278. The van der Waals surface area contributed by atoms with Gasteiger partial charge in [-0.25, -0.2) is 17.8 Å². The molecule has 142 valence electrons. The van der Waals surface area contributed by atoms with Gasteiger partial charge in [-0.3, -0.25) is 0 Å². The van der Waals surface area contributed by atoms with E-state index in [4.69, 9.17) is 16.3 Å². The number of benzene rings is 2. The van der Waals surface area contributed by atoms with Crippen LogP contribution in [0.3, 0.4) is 0 Å². The second kappa shape index (κ2) is 7.35. The van der Waals surface area contributed by atoms with Gasteiger partial charge in [-0.15, -0.1) is 0 Å². The molecule has 2 heterocycles. The maximum absolute atomic E-state index is 13.3. The third-order valence-electron chi connectivity index (χ3n) is 4.47. The molecule has 0 atom stereocenters. The Morgan fingerprint density at radius 1 is 1.19 bits per heavy atom. The number of hydrogen-bond acceptors (Lipinski definition) is 5. The summed E-state index contributed by atoms with van der Waals surface area (Å²) in [6.07, 6.45) is 1.03. The summed E-state index contributed by atoms with van der Waals surface area (Å²) in [6.45, 7) is 0.653. The quantitative estimate of drug-likeness (QED) is 0.623. The molecule has 0 aliphatic carbocycles. The Morgan fingerprint density at radius 2 is 1.93 bits per heavy atom. The fourth-order valence-corrected chi connectivity index (χ4v) is 5.64. The number of nitrogens with zero attached hydrogens (tertiary/aromatic N) is 2. The molecule has 3 aromatic rings. The fourth-order valence-electron chi connectivity index (χ4n) is 3.02. The largest absolute Gasteiger partial charge is 0.467 e. The van der Waals surface area contributed by atoms with E-state index in [-0.39, 0.29) is 16.0 Å². The van der Waals surface area contributed by atoms with E-state index in [2.05, 4.69) is 4.98 Å². The third kappa shape index (κ3) is 3.80. The zero-order valence-electron chi connectivity index (χ0n) is 14.1. The first kappa shape index (κ1) is 18.6. The summed E-state index contributed by atoms with van der Waals surface area (Å²) in [5.74, 6) is -0.640. The van der Waals surface area contributed by atoms with Crippen molar-refractivity contribution < 1.29 is 17.5 Å². The summed E-state index contributed by atoms with van der Waals surface area (Å²) in [5.41, 5.74) is 0.894. The number of halogens is 2. The van der Waals surface area contributed by atoms with E-state index in [1.54, 1.807) is 0 Å². The van der Waals surface area contributed by atoms with Crippen LogP contribution in [0.5, 0.6) is 5.19 Å². The number of piperidine rings is 1. The molecule has 1 fully saturated rings. The van der Waals surface area contributed by atoms with E-state index in [0.717, 1.165) is 22.3 Å². The first-order chi connectivity index (χ1) is 12.9. The number of ether oxygens (including phenoxy) is 1. The Morgan fingerprint density at radius 3 is 2.63 bits per heavy atom. The van der Waals surface area contributed by atoms with E-state index < -0.39 is 15.8 Å². The Hall–Kier alpha value is -1.74. The molecule has 0 saturated carbocycles. The highest BCUT2D eigenvalue weighted by Gasteiger charge is 2.31. The van der Waals surface area contributed by atoms with Crippen molar-refractivity contribution in [2.75, 3.05) is 13.1 Å². The number of fused-ring (bicyclic) bond motifs is 1. The lowest BCUT2D eigenvalue weighted by Gasteiger charge is -2.30. The number of sulfonamides is 1. The highest BCUT2D eigenvalue weighted by atomic mass is 35.5. The van der Waals surface area contributed by atoms with Gasteiger partial charge in [0.2, 0.25) is 10.0 Å². The van der Waals surface area contributed by atoms with E-state index in [1.807, 2.05) is 24.3 Å². The van der Waals surface area contributed by atoms with Crippen molar-refractivity contribution in [2.45, 2.75) is 23.8 Å². The van der Waals surface area contributed by atoms with Crippen LogP contribution in [0.25, 0.3) is 10.2 Å². The lowest BCUT2D eigenvalue weighted by molar-refractivity contribution is 0.135. The van der Waals surface area contributed by atoms with Crippen LogP contribution in [0.4, 0.5) is 4.39 Å². The van der Waals surface area contributed by atoms with Gasteiger partial charge in [0, 0.05) is 13.1 Å². The monoisotopic (exact) mass is 426 g/mol. The van der Waals surface area contributed by atoms with Crippen LogP contribution in [0.15, 0.2) is 47.4 Å². The van der Waals surface area contributed by atoms with Crippen LogP contribution < -0.4 is 4.74 Å². The van der Waals surface area contributed by atoms with Gasteiger partial charge >= 0.3 is 0 Å². The van der Waals surface area contributed by atoms with Gasteiger partial charge in [-0.05, 0) is 43.2 Å². The summed E-state index contributed by atoms with van der Waals surface area (Å²) in [5, 5.41) is 0.396. The molecule has 0 N–H and O–H groups in total.